The molecule has 72 valence electrons. The second-order valence-electron chi connectivity index (χ2n) is 3.06. The third kappa shape index (κ3) is 3.53. The van der Waals surface area contributed by atoms with Gasteiger partial charge in [-0.1, -0.05) is 12.1 Å². The van der Waals surface area contributed by atoms with Crippen LogP contribution in [0.2, 0.25) is 0 Å². The lowest BCUT2D eigenvalue weighted by atomic mass is 10.1. The maximum Gasteiger partial charge on any atom is 0.123 e. The van der Waals surface area contributed by atoms with Crippen LogP contribution in [-0.4, -0.2) is 17.8 Å². The molecule has 0 aliphatic heterocycles. The van der Waals surface area contributed by atoms with Gasteiger partial charge in [-0.3, -0.25) is 0 Å². The van der Waals surface area contributed by atoms with Gasteiger partial charge in [-0.25, -0.2) is 4.39 Å². The van der Waals surface area contributed by atoms with Gasteiger partial charge in [0, 0.05) is 6.54 Å². The van der Waals surface area contributed by atoms with Crippen molar-refractivity contribution in [1.29, 1.82) is 0 Å². The molecule has 3 heteroatoms. The van der Waals surface area contributed by atoms with Crippen LogP contribution < -0.4 is 5.73 Å². The number of aliphatic hydroxyl groups excluding tert-OH is 1. The number of benzene rings is 1. The monoisotopic (exact) mass is 183 g/mol. The van der Waals surface area contributed by atoms with Crippen molar-refractivity contribution >= 4 is 0 Å². The second-order valence-corrected chi connectivity index (χ2v) is 3.06. The Morgan fingerprint density at radius 2 is 2.23 bits per heavy atom. The fraction of sp³-hybridized carbons (Fsp3) is 0.400. The average Bonchev–Trinajstić information content (AvgIpc) is 2.14. The molecule has 0 saturated heterocycles. The Morgan fingerprint density at radius 1 is 1.46 bits per heavy atom. The molecule has 1 atom stereocenters. The van der Waals surface area contributed by atoms with Crippen LogP contribution in [0.3, 0.4) is 0 Å². The Kier molecular flexibility index (Phi) is 3.86. The summed E-state index contributed by atoms with van der Waals surface area (Å²) < 4.78 is 12.7. The largest absolute Gasteiger partial charge is 0.392 e. The summed E-state index contributed by atoms with van der Waals surface area (Å²) in [4.78, 5) is 0. The zero-order valence-electron chi connectivity index (χ0n) is 7.41. The Labute approximate surface area is 77.2 Å². The van der Waals surface area contributed by atoms with Crippen LogP contribution in [-0.2, 0) is 6.42 Å². The third-order valence-corrected chi connectivity index (χ3v) is 1.93. The van der Waals surface area contributed by atoms with Crippen molar-refractivity contribution in [1.82, 2.24) is 0 Å². The van der Waals surface area contributed by atoms with Gasteiger partial charge in [-0.05, 0) is 30.5 Å². The standard InChI is InChI=1S/C10H14FNO/c11-9-3-1-2-8(6-9)4-5-10(13)7-12/h1-3,6,10,13H,4-5,7,12H2. The van der Waals surface area contributed by atoms with Crippen LogP contribution in [0.4, 0.5) is 4.39 Å². The zero-order valence-corrected chi connectivity index (χ0v) is 7.41. The average molecular weight is 183 g/mol. The van der Waals surface area contributed by atoms with Crippen molar-refractivity contribution in [3.05, 3.63) is 35.6 Å². The van der Waals surface area contributed by atoms with E-state index in [-0.39, 0.29) is 12.4 Å². The number of aryl methyl sites for hydroxylation is 1. The first-order valence-electron chi connectivity index (χ1n) is 4.35. The van der Waals surface area contributed by atoms with E-state index in [1.54, 1.807) is 6.07 Å². The van der Waals surface area contributed by atoms with E-state index >= 15 is 0 Å². The predicted molar refractivity (Wildman–Crippen MR) is 49.8 cm³/mol. The van der Waals surface area contributed by atoms with Gasteiger partial charge < -0.3 is 10.8 Å². The first-order valence-corrected chi connectivity index (χ1v) is 4.35. The van der Waals surface area contributed by atoms with Crippen LogP contribution in [0.1, 0.15) is 12.0 Å². The van der Waals surface area contributed by atoms with Gasteiger partial charge in [0.2, 0.25) is 0 Å². The topological polar surface area (TPSA) is 46.2 Å². The van der Waals surface area contributed by atoms with E-state index in [0.29, 0.717) is 12.8 Å². The minimum absolute atomic E-state index is 0.236. The van der Waals surface area contributed by atoms with Crippen molar-refractivity contribution in [3.8, 4) is 0 Å². The van der Waals surface area contributed by atoms with Gasteiger partial charge in [-0.2, -0.15) is 0 Å². The molecule has 0 bridgehead atoms. The molecule has 3 N–H and O–H groups in total. The van der Waals surface area contributed by atoms with Crippen molar-refractivity contribution in [2.45, 2.75) is 18.9 Å². The molecule has 1 aromatic carbocycles. The van der Waals surface area contributed by atoms with E-state index in [1.807, 2.05) is 6.07 Å². The molecule has 0 heterocycles. The molecule has 0 aliphatic rings. The first kappa shape index (κ1) is 10.2. The molecule has 2 nitrogen and oxygen atoms in total. The molecule has 1 unspecified atom stereocenters. The van der Waals surface area contributed by atoms with E-state index < -0.39 is 6.10 Å². The molecule has 0 amide bonds. The second kappa shape index (κ2) is 4.94. The van der Waals surface area contributed by atoms with Crippen LogP contribution in [0.5, 0.6) is 0 Å². The van der Waals surface area contributed by atoms with Gasteiger partial charge in [0.1, 0.15) is 5.82 Å². The summed E-state index contributed by atoms with van der Waals surface area (Å²) in [6.45, 7) is 0.259. The molecular formula is C10H14FNO. The fourth-order valence-corrected chi connectivity index (χ4v) is 1.14. The molecule has 0 saturated carbocycles. The number of hydrogen-bond acceptors (Lipinski definition) is 2. The summed E-state index contributed by atoms with van der Waals surface area (Å²) in [6.07, 6.45) is 0.763. The zero-order chi connectivity index (χ0) is 9.68. The quantitative estimate of drug-likeness (QED) is 0.733. The smallest absolute Gasteiger partial charge is 0.123 e. The summed E-state index contributed by atoms with van der Waals surface area (Å²) in [5.41, 5.74) is 6.14. The lowest BCUT2D eigenvalue weighted by Crippen LogP contribution is -2.20. The normalized spacial score (nSPS) is 12.8. The number of halogens is 1. The highest BCUT2D eigenvalue weighted by Gasteiger charge is 2.01. The molecule has 0 spiro atoms. The van der Waals surface area contributed by atoms with Crippen LogP contribution in [0.25, 0.3) is 0 Å². The molecule has 0 radical (unpaired) electrons. The molecular weight excluding hydrogens is 169 g/mol. The van der Waals surface area contributed by atoms with Crippen molar-refractivity contribution in [3.63, 3.8) is 0 Å². The number of rotatable bonds is 4. The lowest BCUT2D eigenvalue weighted by molar-refractivity contribution is 0.173. The van der Waals surface area contributed by atoms with Gasteiger partial charge in [0.05, 0.1) is 6.10 Å². The van der Waals surface area contributed by atoms with Crippen LogP contribution >= 0.6 is 0 Å². The van der Waals surface area contributed by atoms with Crippen LogP contribution in [0, 0.1) is 5.82 Å². The van der Waals surface area contributed by atoms with Crippen molar-refractivity contribution in [2.24, 2.45) is 5.73 Å². The molecule has 1 aromatic rings. The van der Waals surface area contributed by atoms with Gasteiger partial charge in [0.15, 0.2) is 0 Å². The third-order valence-electron chi connectivity index (χ3n) is 1.93. The van der Waals surface area contributed by atoms with E-state index in [2.05, 4.69) is 0 Å². The van der Waals surface area contributed by atoms with E-state index in [9.17, 15) is 4.39 Å². The van der Waals surface area contributed by atoms with Crippen molar-refractivity contribution < 1.29 is 9.50 Å². The van der Waals surface area contributed by atoms with Gasteiger partial charge >= 0.3 is 0 Å². The molecule has 1 rings (SSSR count). The summed E-state index contributed by atoms with van der Waals surface area (Å²) in [6, 6.07) is 6.39. The van der Waals surface area contributed by atoms with Gasteiger partial charge in [0.25, 0.3) is 0 Å². The Bertz CT molecular complexity index is 265. The molecule has 0 aliphatic carbocycles. The van der Waals surface area contributed by atoms with E-state index in [1.165, 1.54) is 12.1 Å². The maximum atomic E-state index is 12.7. The van der Waals surface area contributed by atoms with E-state index in [0.717, 1.165) is 5.56 Å². The summed E-state index contributed by atoms with van der Waals surface area (Å²) >= 11 is 0. The summed E-state index contributed by atoms with van der Waals surface area (Å²) in [7, 11) is 0. The number of aliphatic hydroxyl groups is 1. The van der Waals surface area contributed by atoms with Crippen molar-refractivity contribution in [2.75, 3.05) is 6.54 Å². The highest BCUT2D eigenvalue weighted by atomic mass is 19.1. The fourth-order valence-electron chi connectivity index (χ4n) is 1.14. The summed E-state index contributed by atoms with van der Waals surface area (Å²) in [5, 5.41) is 9.17. The maximum absolute atomic E-state index is 12.7. The number of nitrogens with two attached hydrogens (primary N) is 1. The number of hydrogen-bond donors (Lipinski definition) is 2. The Balaban J connectivity index is 2.45. The highest BCUT2D eigenvalue weighted by molar-refractivity contribution is 5.16. The Morgan fingerprint density at radius 3 is 2.85 bits per heavy atom. The minimum Gasteiger partial charge on any atom is -0.392 e. The highest BCUT2D eigenvalue weighted by Crippen LogP contribution is 2.07. The minimum atomic E-state index is -0.483. The predicted octanol–water partition coefficient (Wildman–Crippen LogP) is 1.08. The SMILES string of the molecule is NCC(O)CCc1cccc(F)c1. The Hall–Kier alpha value is -0.930. The molecule has 0 fully saturated rings. The summed E-state index contributed by atoms with van der Waals surface area (Å²) in [5.74, 6) is -0.236. The molecule has 0 aromatic heterocycles. The molecule has 13 heavy (non-hydrogen) atoms. The van der Waals surface area contributed by atoms with Crippen LogP contribution in [0.15, 0.2) is 24.3 Å². The van der Waals surface area contributed by atoms with Gasteiger partial charge in [-0.15, -0.1) is 0 Å². The first-order chi connectivity index (χ1) is 6.22. The lowest BCUT2D eigenvalue weighted by Gasteiger charge is -2.06. The van der Waals surface area contributed by atoms with E-state index in [4.69, 9.17) is 10.8 Å².